The second-order valence-corrected chi connectivity index (χ2v) is 9.51. The van der Waals surface area contributed by atoms with Crippen molar-refractivity contribution in [3.05, 3.63) is 41.5 Å². The molecule has 3 unspecified atom stereocenters. The molecule has 0 radical (unpaired) electrons. The van der Waals surface area contributed by atoms with E-state index >= 15 is 0 Å². The van der Waals surface area contributed by atoms with Gasteiger partial charge in [0.1, 0.15) is 5.82 Å². The van der Waals surface area contributed by atoms with Crippen LogP contribution >= 0.6 is 0 Å². The maximum atomic E-state index is 12.9. The molecule has 5 rings (SSSR count). The molecule has 7 heteroatoms. The molecule has 3 atom stereocenters. The number of amides is 1. The smallest absolute Gasteiger partial charge is 0.224 e. The van der Waals surface area contributed by atoms with Crippen LogP contribution in [0.2, 0.25) is 0 Å². The summed E-state index contributed by atoms with van der Waals surface area (Å²) in [5, 5.41) is 3.73. The van der Waals surface area contributed by atoms with Crippen molar-refractivity contribution in [3.63, 3.8) is 0 Å². The first-order valence-electron chi connectivity index (χ1n) is 12.0. The van der Waals surface area contributed by atoms with Crippen LogP contribution in [0.1, 0.15) is 43.9 Å². The van der Waals surface area contributed by atoms with Crippen LogP contribution in [0.4, 0.5) is 17.2 Å². The molecule has 0 spiro atoms. The van der Waals surface area contributed by atoms with Crippen molar-refractivity contribution in [2.45, 2.75) is 45.7 Å². The summed E-state index contributed by atoms with van der Waals surface area (Å²) in [6.07, 6.45) is 2.37. The van der Waals surface area contributed by atoms with E-state index in [1.165, 1.54) is 29.7 Å². The van der Waals surface area contributed by atoms with E-state index in [2.05, 4.69) is 46.1 Å². The standard InChI is InChI=1S/C26H34N4O3/c1-16-20(29-12-14-33-15-13-29)10-11-21-24(16)25(28-22-6-5-7-23(27-22)32-4)17(2)26(19-8-9-19)30(21)18(3)31/h5-7,10-11,17,19,25-26H,8-9,12-15H2,1-4H3,(H,27,28). The molecule has 1 aromatic carbocycles. The predicted octanol–water partition coefficient (Wildman–Crippen LogP) is 4.17. The molecular weight excluding hydrogens is 416 g/mol. The molecular formula is C26H34N4O3. The van der Waals surface area contributed by atoms with Crippen molar-refractivity contribution in [2.75, 3.05) is 48.5 Å². The number of hydrogen-bond acceptors (Lipinski definition) is 6. The number of hydrogen-bond donors (Lipinski definition) is 1. The van der Waals surface area contributed by atoms with Gasteiger partial charge in [-0.15, -0.1) is 0 Å². The zero-order chi connectivity index (χ0) is 23.1. The highest BCUT2D eigenvalue weighted by atomic mass is 16.5. The van der Waals surface area contributed by atoms with Gasteiger partial charge >= 0.3 is 0 Å². The Bertz CT molecular complexity index is 1030. The Morgan fingerprint density at radius 1 is 1.15 bits per heavy atom. The van der Waals surface area contributed by atoms with E-state index in [0.717, 1.165) is 37.8 Å². The lowest BCUT2D eigenvalue weighted by Crippen LogP contribution is -2.51. The number of carbonyl (C=O) groups is 1. The summed E-state index contributed by atoms with van der Waals surface area (Å²) in [5.74, 6) is 2.29. The van der Waals surface area contributed by atoms with E-state index in [-0.39, 0.29) is 23.9 Å². The average Bonchev–Trinajstić information content (AvgIpc) is 3.66. The summed E-state index contributed by atoms with van der Waals surface area (Å²) >= 11 is 0. The Kier molecular flexibility index (Phi) is 5.91. The molecule has 1 aromatic heterocycles. The fraction of sp³-hybridized carbons (Fsp3) is 0.538. The maximum absolute atomic E-state index is 12.9. The quantitative estimate of drug-likeness (QED) is 0.738. The topological polar surface area (TPSA) is 66.9 Å². The first kappa shape index (κ1) is 22.0. The summed E-state index contributed by atoms with van der Waals surface area (Å²) in [5.41, 5.74) is 4.68. The van der Waals surface area contributed by atoms with Crippen LogP contribution < -0.4 is 19.9 Å². The first-order valence-corrected chi connectivity index (χ1v) is 12.0. The van der Waals surface area contributed by atoms with Crippen LogP contribution in [-0.2, 0) is 9.53 Å². The predicted molar refractivity (Wildman–Crippen MR) is 130 cm³/mol. The van der Waals surface area contributed by atoms with Gasteiger partial charge in [0, 0.05) is 55.0 Å². The molecule has 3 aliphatic rings. The van der Waals surface area contributed by atoms with Gasteiger partial charge in [-0.1, -0.05) is 13.0 Å². The fourth-order valence-corrected chi connectivity index (χ4v) is 5.74. The fourth-order valence-electron chi connectivity index (χ4n) is 5.74. The summed E-state index contributed by atoms with van der Waals surface area (Å²) < 4.78 is 10.9. The van der Waals surface area contributed by atoms with E-state index in [1.54, 1.807) is 14.0 Å². The summed E-state index contributed by atoms with van der Waals surface area (Å²) in [6.45, 7) is 9.42. The van der Waals surface area contributed by atoms with E-state index in [1.807, 2.05) is 18.2 Å². The highest BCUT2D eigenvalue weighted by Gasteiger charge is 2.48. The van der Waals surface area contributed by atoms with Gasteiger partial charge in [0.15, 0.2) is 0 Å². The largest absolute Gasteiger partial charge is 0.481 e. The van der Waals surface area contributed by atoms with Crippen LogP contribution in [0.25, 0.3) is 0 Å². The first-order chi connectivity index (χ1) is 16.0. The van der Waals surface area contributed by atoms with E-state index in [9.17, 15) is 4.79 Å². The van der Waals surface area contributed by atoms with Crippen molar-refractivity contribution in [1.82, 2.24) is 4.98 Å². The van der Waals surface area contributed by atoms with E-state index in [0.29, 0.717) is 11.8 Å². The van der Waals surface area contributed by atoms with Crippen LogP contribution in [0.15, 0.2) is 30.3 Å². The third kappa shape index (κ3) is 4.03. The maximum Gasteiger partial charge on any atom is 0.224 e. The van der Waals surface area contributed by atoms with Gasteiger partial charge in [-0.3, -0.25) is 4.79 Å². The van der Waals surface area contributed by atoms with Crippen LogP contribution in [0.3, 0.4) is 0 Å². The molecule has 0 bridgehead atoms. The molecule has 1 saturated carbocycles. The minimum absolute atomic E-state index is 0.0433. The number of anilines is 3. The molecule has 1 N–H and O–H groups in total. The molecule has 176 valence electrons. The van der Waals surface area contributed by atoms with E-state index < -0.39 is 0 Å². The highest BCUT2D eigenvalue weighted by molar-refractivity contribution is 5.95. The Morgan fingerprint density at radius 2 is 1.88 bits per heavy atom. The lowest BCUT2D eigenvalue weighted by atomic mass is 9.78. The van der Waals surface area contributed by atoms with Gasteiger partial charge in [-0.25, -0.2) is 0 Å². The SMILES string of the molecule is COc1cccc(NC2c3c(ccc(N4CCOCC4)c3C)N(C(C)=O)C(C3CC3)C2C)n1. The number of morpholine rings is 1. The third-order valence-electron chi connectivity index (χ3n) is 7.43. The zero-order valence-electron chi connectivity index (χ0n) is 20.0. The van der Waals surface area contributed by atoms with E-state index in [4.69, 9.17) is 9.47 Å². The van der Waals surface area contributed by atoms with Gasteiger partial charge < -0.3 is 24.6 Å². The number of rotatable bonds is 5. The number of benzene rings is 1. The molecule has 7 nitrogen and oxygen atoms in total. The van der Waals surface area contributed by atoms with Crippen LogP contribution in [-0.4, -0.2) is 50.3 Å². The number of fused-ring (bicyclic) bond motifs is 1. The normalized spacial score (nSPS) is 24.9. The third-order valence-corrected chi connectivity index (χ3v) is 7.43. The second kappa shape index (κ2) is 8.86. The molecule has 2 aromatic rings. The minimum atomic E-state index is 0.0433. The zero-order valence-corrected chi connectivity index (χ0v) is 20.0. The molecule has 2 fully saturated rings. The monoisotopic (exact) mass is 450 g/mol. The Labute approximate surface area is 196 Å². The number of methoxy groups -OCH3 is 1. The summed E-state index contributed by atoms with van der Waals surface area (Å²) in [7, 11) is 1.64. The Hall–Kier alpha value is -2.80. The van der Waals surface area contributed by atoms with Crippen molar-refractivity contribution in [3.8, 4) is 5.88 Å². The summed E-state index contributed by atoms with van der Waals surface area (Å²) in [4.78, 5) is 22.1. The summed E-state index contributed by atoms with van der Waals surface area (Å²) in [6, 6.07) is 10.4. The van der Waals surface area contributed by atoms with Crippen molar-refractivity contribution in [1.29, 1.82) is 0 Å². The van der Waals surface area contributed by atoms with Gasteiger partial charge in [0.2, 0.25) is 11.8 Å². The van der Waals surface area contributed by atoms with Gasteiger partial charge in [-0.2, -0.15) is 4.98 Å². The Morgan fingerprint density at radius 3 is 2.55 bits per heavy atom. The number of nitrogens with zero attached hydrogens (tertiary/aromatic N) is 3. The molecule has 33 heavy (non-hydrogen) atoms. The molecule has 3 heterocycles. The molecule has 1 amide bonds. The number of pyridine rings is 1. The van der Waals surface area contributed by atoms with Crippen LogP contribution in [0, 0.1) is 18.8 Å². The Balaban J connectivity index is 1.62. The number of nitrogens with one attached hydrogen (secondary N) is 1. The number of carbonyl (C=O) groups excluding carboxylic acids is 1. The number of ether oxygens (including phenoxy) is 2. The van der Waals surface area contributed by atoms with Crippen molar-refractivity contribution in [2.24, 2.45) is 11.8 Å². The highest BCUT2D eigenvalue weighted by Crippen LogP contribution is 2.52. The van der Waals surface area contributed by atoms with Gasteiger partial charge in [-0.05, 0) is 49.4 Å². The number of aromatic nitrogens is 1. The van der Waals surface area contributed by atoms with Crippen molar-refractivity contribution < 1.29 is 14.3 Å². The van der Waals surface area contributed by atoms with Crippen LogP contribution in [0.5, 0.6) is 5.88 Å². The lowest BCUT2D eigenvalue weighted by molar-refractivity contribution is -0.117. The minimum Gasteiger partial charge on any atom is -0.481 e. The van der Waals surface area contributed by atoms with Crippen molar-refractivity contribution >= 4 is 23.1 Å². The lowest BCUT2D eigenvalue weighted by Gasteiger charge is -2.47. The molecule has 1 saturated heterocycles. The second-order valence-electron chi connectivity index (χ2n) is 9.51. The van der Waals surface area contributed by atoms with Gasteiger partial charge in [0.05, 0.1) is 26.4 Å². The molecule has 2 aliphatic heterocycles. The molecule has 1 aliphatic carbocycles. The average molecular weight is 451 g/mol. The van der Waals surface area contributed by atoms with Gasteiger partial charge in [0.25, 0.3) is 0 Å².